The number of anilines is 1. The van der Waals surface area contributed by atoms with Gasteiger partial charge < -0.3 is 9.47 Å². The Hall–Kier alpha value is -2.71. The van der Waals surface area contributed by atoms with E-state index in [9.17, 15) is 9.59 Å². The van der Waals surface area contributed by atoms with Crippen molar-refractivity contribution in [2.24, 2.45) is 5.73 Å². The SMILES string of the molecule is CCOC(=O)CN1C(=O)C(C)(N)Oc2c(Cc3ccc(Cl)cc3)nc(C)nc21. The van der Waals surface area contributed by atoms with E-state index in [1.54, 1.807) is 26.0 Å². The third-order valence-corrected chi connectivity index (χ3v) is 4.40. The van der Waals surface area contributed by atoms with Crippen LogP contribution >= 0.6 is 11.6 Å². The Bertz CT molecular complexity index is 915. The van der Waals surface area contributed by atoms with Crippen molar-refractivity contribution in [2.45, 2.75) is 32.9 Å². The highest BCUT2D eigenvalue weighted by Gasteiger charge is 2.45. The van der Waals surface area contributed by atoms with Crippen LogP contribution < -0.4 is 15.4 Å². The summed E-state index contributed by atoms with van der Waals surface area (Å²) in [4.78, 5) is 34.8. The fraction of sp³-hybridized carbons (Fsp3) is 0.368. The molecule has 0 bridgehead atoms. The summed E-state index contributed by atoms with van der Waals surface area (Å²) < 4.78 is 10.7. The number of fused-ring (bicyclic) bond motifs is 1. The molecule has 1 aromatic carbocycles. The molecule has 2 aromatic rings. The standard InChI is InChI=1S/C19H21ClN4O4/c1-4-27-15(25)10-24-17-16(28-19(3,21)18(24)26)14(22-11(2)23-17)9-12-5-7-13(20)8-6-12/h5-8H,4,9-10,21H2,1-3H3. The van der Waals surface area contributed by atoms with Gasteiger partial charge in [0.2, 0.25) is 5.72 Å². The number of rotatable bonds is 5. The van der Waals surface area contributed by atoms with E-state index < -0.39 is 17.6 Å². The molecule has 2 N–H and O–H groups in total. The summed E-state index contributed by atoms with van der Waals surface area (Å²) in [7, 11) is 0. The van der Waals surface area contributed by atoms with Crippen molar-refractivity contribution in [1.82, 2.24) is 9.97 Å². The zero-order valence-electron chi connectivity index (χ0n) is 15.9. The van der Waals surface area contributed by atoms with Gasteiger partial charge in [-0.05, 0) is 38.5 Å². The number of carbonyl (C=O) groups is 2. The van der Waals surface area contributed by atoms with E-state index in [1.807, 2.05) is 12.1 Å². The molecule has 0 fully saturated rings. The summed E-state index contributed by atoms with van der Waals surface area (Å²) in [6.45, 7) is 4.72. The number of carbonyl (C=O) groups excluding carboxylic acids is 2. The number of benzene rings is 1. The van der Waals surface area contributed by atoms with E-state index in [0.717, 1.165) is 5.56 Å². The Kier molecular flexibility index (Phi) is 5.53. The molecule has 1 aromatic heterocycles. The lowest BCUT2D eigenvalue weighted by Crippen LogP contribution is -2.61. The topological polar surface area (TPSA) is 108 Å². The van der Waals surface area contributed by atoms with E-state index in [-0.39, 0.29) is 24.7 Å². The van der Waals surface area contributed by atoms with Gasteiger partial charge in [-0.1, -0.05) is 23.7 Å². The first-order chi connectivity index (χ1) is 13.2. The Morgan fingerprint density at radius 3 is 2.64 bits per heavy atom. The Balaban J connectivity index is 2.05. The van der Waals surface area contributed by atoms with E-state index >= 15 is 0 Å². The number of nitrogens with two attached hydrogens (primary N) is 1. The van der Waals surface area contributed by atoms with Crippen molar-refractivity contribution < 1.29 is 19.1 Å². The third-order valence-electron chi connectivity index (χ3n) is 4.15. The molecule has 1 aliphatic rings. The normalized spacial score (nSPS) is 18.5. The average Bonchev–Trinajstić information content (AvgIpc) is 2.62. The van der Waals surface area contributed by atoms with Gasteiger partial charge in [0.15, 0.2) is 11.6 Å². The van der Waals surface area contributed by atoms with Crippen LogP contribution in [0.4, 0.5) is 5.82 Å². The monoisotopic (exact) mass is 404 g/mol. The molecule has 1 unspecified atom stereocenters. The number of ether oxygens (including phenoxy) is 2. The number of nitrogens with zero attached hydrogens (tertiary/aromatic N) is 3. The fourth-order valence-electron chi connectivity index (χ4n) is 2.91. The van der Waals surface area contributed by atoms with Gasteiger partial charge >= 0.3 is 5.97 Å². The van der Waals surface area contributed by atoms with Crippen LogP contribution in [0.25, 0.3) is 0 Å². The minimum absolute atomic E-state index is 0.203. The first-order valence-corrected chi connectivity index (χ1v) is 9.16. The van der Waals surface area contributed by atoms with E-state index in [1.165, 1.54) is 11.8 Å². The quantitative estimate of drug-likeness (QED) is 0.759. The first kappa shape index (κ1) is 20.0. The number of halogens is 1. The van der Waals surface area contributed by atoms with Crippen molar-refractivity contribution in [3.05, 3.63) is 46.4 Å². The van der Waals surface area contributed by atoms with Crippen LogP contribution in [-0.2, 0) is 20.7 Å². The summed E-state index contributed by atoms with van der Waals surface area (Å²) in [6, 6.07) is 7.31. The molecule has 0 spiro atoms. The summed E-state index contributed by atoms with van der Waals surface area (Å²) >= 11 is 5.95. The Morgan fingerprint density at radius 1 is 1.32 bits per heavy atom. The van der Waals surface area contributed by atoms with Gasteiger partial charge in [-0.15, -0.1) is 0 Å². The molecular formula is C19H21ClN4O4. The van der Waals surface area contributed by atoms with Gasteiger partial charge in [-0.2, -0.15) is 0 Å². The molecule has 1 amide bonds. The maximum atomic E-state index is 12.8. The maximum absolute atomic E-state index is 12.8. The number of esters is 1. The van der Waals surface area contributed by atoms with Gasteiger partial charge in [-0.3, -0.25) is 20.2 Å². The second-order valence-electron chi connectivity index (χ2n) is 6.58. The van der Waals surface area contributed by atoms with Crippen LogP contribution in [0.2, 0.25) is 5.02 Å². The van der Waals surface area contributed by atoms with Gasteiger partial charge in [0.1, 0.15) is 12.4 Å². The van der Waals surface area contributed by atoms with Crippen LogP contribution in [0.5, 0.6) is 5.75 Å². The molecule has 8 nitrogen and oxygen atoms in total. The van der Waals surface area contributed by atoms with Crippen molar-refractivity contribution >= 4 is 29.3 Å². The summed E-state index contributed by atoms with van der Waals surface area (Å²) in [5.74, 6) is -0.223. The Labute approximate surface area is 167 Å². The molecule has 9 heteroatoms. The molecule has 0 aliphatic carbocycles. The van der Waals surface area contributed by atoms with Crippen LogP contribution in [-0.4, -0.2) is 40.7 Å². The summed E-state index contributed by atoms with van der Waals surface area (Å²) in [5.41, 5.74) is 5.90. The molecule has 1 aliphatic heterocycles. The number of aromatic nitrogens is 2. The van der Waals surface area contributed by atoms with Crippen molar-refractivity contribution in [3.8, 4) is 5.75 Å². The van der Waals surface area contributed by atoms with Crippen LogP contribution in [0.3, 0.4) is 0 Å². The highest BCUT2D eigenvalue weighted by Crippen LogP contribution is 2.37. The first-order valence-electron chi connectivity index (χ1n) is 8.78. The highest BCUT2D eigenvalue weighted by atomic mass is 35.5. The van der Waals surface area contributed by atoms with Crippen molar-refractivity contribution in [2.75, 3.05) is 18.1 Å². The molecule has 3 rings (SSSR count). The molecule has 1 atom stereocenters. The third kappa shape index (κ3) is 4.07. The highest BCUT2D eigenvalue weighted by molar-refractivity contribution is 6.30. The smallest absolute Gasteiger partial charge is 0.326 e. The lowest BCUT2D eigenvalue weighted by atomic mass is 10.1. The zero-order chi connectivity index (χ0) is 20.5. The molecular weight excluding hydrogens is 384 g/mol. The van der Waals surface area contributed by atoms with Crippen LogP contribution in [0, 0.1) is 6.92 Å². The second-order valence-corrected chi connectivity index (χ2v) is 7.02. The average molecular weight is 405 g/mol. The summed E-state index contributed by atoms with van der Waals surface area (Å²) in [6.07, 6.45) is 0.417. The minimum Gasteiger partial charge on any atom is -0.465 e. The van der Waals surface area contributed by atoms with Gasteiger partial charge in [0.05, 0.1) is 12.3 Å². The molecule has 0 radical (unpaired) electrons. The lowest BCUT2D eigenvalue weighted by molar-refractivity contribution is -0.144. The lowest BCUT2D eigenvalue weighted by Gasteiger charge is -2.37. The number of amides is 1. The predicted molar refractivity (Wildman–Crippen MR) is 103 cm³/mol. The molecule has 2 heterocycles. The Morgan fingerprint density at radius 2 is 2.00 bits per heavy atom. The van der Waals surface area contributed by atoms with Crippen LogP contribution in [0.1, 0.15) is 30.9 Å². The molecule has 28 heavy (non-hydrogen) atoms. The molecule has 0 saturated heterocycles. The second kappa shape index (κ2) is 7.73. The van der Waals surface area contributed by atoms with Crippen molar-refractivity contribution in [3.63, 3.8) is 0 Å². The summed E-state index contributed by atoms with van der Waals surface area (Å²) in [5, 5.41) is 0.627. The fourth-order valence-corrected chi connectivity index (χ4v) is 3.04. The molecule has 0 saturated carbocycles. The van der Waals surface area contributed by atoms with Gasteiger partial charge in [0, 0.05) is 11.4 Å². The minimum atomic E-state index is -1.66. The molecule has 148 valence electrons. The maximum Gasteiger partial charge on any atom is 0.326 e. The zero-order valence-corrected chi connectivity index (χ0v) is 16.6. The predicted octanol–water partition coefficient (Wildman–Crippen LogP) is 1.99. The van der Waals surface area contributed by atoms with Crippen molar-refractivity contribution in [1.29, 1.82) is 0 Å². The largest absolute Gasteiger partial charge is 0.465 e. The van der Waals surface area contributed by atoms with Gasteiger partial charge in [-0.25, -0.2) is 9.97 Å². The number of aryl methyl sites for hydroxylation is 1. The van der Waals surface area contributed by atoms with E-state index in [4.69, 9.17) is 26.8 Å². The van der Waals surface area contributed by atoms with Gasteiger partial charge in [0.25, 0.3) is 5.91 Å². The van der Waals surface area contributed by atoms with Crippen LogP contribution in [0.15, 0.2) is 24.3 Å². The number of hydrogen-bond donors (Lipinski definition) is 1. The van der Waals surface area contributed by atoms with E-state index in [0.29, 0.717) is 23.0 Å². The van der Waals surface area contributed by atoms with E-state index in [2.05, 4.69) is 9.97 Å². The number of hydrogen-bond acceptors (Lipinski definition) is 7.